The van der Waals surface area contributed by atoms with Gasteiger partial charge in [-0.1, -0.05) is 12.1 Å². The van der Waals surface area contributed by atoms with Crippen molar-refractivity contribution >= 4 is 15.9 Å². The van der Waals surface area contributed by atoms with Crippen molar-refractivity contribution in [1.82, 2.24) is 10.0 Å². The Morgan fingerprint density at radius 3 is 2.63 bits per heavy atom. The van der Waals surface area contributed by atoms with Gasteiger partial charge < -0.3 is 19.2 Å². The lowest BCUT2D eigenvalue weighted by Gasteiger charge is -2.19. The number of para-hydroxylation sites is 1. The van der Waals surface area contributed by atoms with Crippen LogP contribution in [0.3, 0.4) is 0 Å². The molecule has 0 radical (unpaired) electrons. The Morgan fingerprint density at radius 1 is 1.20 bits per heavy atom. The molecule has 0 aliphatic carbocycles. The van der Waals surface area contributed by atoms with Crippen LogP contribution in [0.4, 0.5) is 0 Å². The van der Waals surface area contributed by atoms with Gasteiger partial charge in [0, 0.05) is 17.5 Å². The molecule has 8 nitrogen and oxygen atoms in total. The average Bonchev–Trinajstić information content (AvgIpc) is 3.20. The van der Waals surface area contributed by atoms with Crippen LogP contribution in [0, 0.1) is 0 Å². The maximum Gasteiger partial charge on any atom is 0.287 e. The van der Waals surface area contributed by atoms with E-state index < -0.39 is 21.5 Å². The lowest BCUT2D eigenvalue weighted by molar-refractivity contribution is 0.0913. The molecule has 0 unspecified atom stereocenters. The molecule has 0 atom stereocenters. The number of amides is 1. The average molecular weight is 437 g/mol. The highest BCUT2D eigenvalue weighted by Gasteiger charge is 2.32. The van der Waals surface area contributed by atoms with Crippen molar-refractivity contribution in [3.8, 4) is 11.5 Å². The van der Waals surface area contributed by atoms with E-state index in [9.17, 15) is 13.2 Å². The molecule has 30 heavy (non-hydrogen) atoms. The van der Waals surface area contributed by atoms with Crippen molar-refractivity contribution in [2.24, 2.45) is 0 Å². The lowest BCUT2D eigenvalue weighted by atomic mass is 10.0. The third-order valence-corrected chi connectivity index (χ3v) is 5.84. The quantitative estimate of drug-likeness (QED) is 0.647. The molecule has 0 spiro atoms. The fourth-order valence-corrected chi connectivity index (χ4v) is 4.51. The number of fused-ring (bicyclic) bond motifs is 1. The van der Waals surface area contributed by atoms with E-state index in [1.54, 1.807) is 20.8 Å². The zero-order chi connectivity index (χ0) is 22.2. The minimum absolute atomic E-state index is 0.0880. The highest BCUT2D eigenvalue weighted by Crippen LogP contribution is 2.41. The van der Waals surface area contributed by atoms with Gasteiger partial charge in [-0.05, 0) is 52.8 Å². The molecular weight excluding hydrogens is 408 g/mol. The van der Waals surface area contributed by atoms with Gasteiger partial charge >= 0.3 is 0 Å². The van der Waals surface area contributed by atoms with Crippen molar-refractivity contribution in [3.63, 3.8) is 0 Å². The summed E-state index contributed by atoms with van der Waals surface area (Å²) in [6, 6.07) is 8.33. The van der Waals surface area contributed by atoms with Crippen LogP contribution in [0.15, 0.2) is 39.8 Å². The second-order valence-corrected chi connectivity index (χ2v) is 10.5. The van der Waals surface area contributed by atoms with Crippen LogP contribution in [0.25, 0.3) is 0 Å². The van der Waals surface area contributed by atoms with Gasteiger partial charge in [0.25, 0.3) is 15.9 Å². The minimum atomic E-state index is -3.84. The second kappa shape index (κ2) is 7.96. The number of hydrogen-bond donors (Lipinski definition) is 2. The number of carbonyl (C=O) groups is 1. The Labute approximate surface area is 177 Å². The van der Waals surface area contributed by atoms with E-state index >= 15 is 0 Å². The largest absolute Gasteiger partial charge is 0.488 e. The van der Waals surface area contributed by atoms with Crippen LogP contribution in [-0.2, 0) is 16.4 Å². The zero-order valence-electron chi connectivity index (χ0n) is 17.9. The molecule has 0 fully saturated rings. The van der Waals surface area contributed by atoms with Gasteiger partial charge in [-0.2, -0.15) is 0 Å². The summed E-state index contributed by atoms with van der Waals surface area (Å²) in [5.74, 6) is 0.759. The van der Waals surface area contributed by atoms with Crippen LogP contribution in [0.5, 0.6) is 11.5 Å². The maximum atomic E-state index is 12.3. The fourth-order valence-electron chi connectivity index (χ4n) is 3.15. The summed E-state index contributed by atoms with van der Waals surface area (Å²) in [5.41, 5.74) is 0.159. The monoisotopic (exact) mass is 436 g/mol. The summed E-state index contributed by atoms with van der Waals surface area (Å²) in [7, 11) is -3.84. The third kappa shape index (κ3) is 5.34. The third-order valence-electron chi connectivity index (χ3n) is 4.21. The van der Waals surface area contributed by atoms with Crippen LogP contribution in [0.1, 0.15) is 50.7 Å². The first-order valence-corrected chi connectivity index (χ1v) is 11.2. The summed E-state index contributed by atoms with van der Waals surface area (Å²) in [6.45, 7) is 9.63. The van der Waals surface area contributed by atoms with E-state index in [0.29, 0.717) is 5.75 Å². The van der Waals surface area contributed by atoms with Gasteiger partial charge in [0.05, 0.1) is 6.54 Å². The molecule has 0 saturated carbocycles. The molecule has 2 aromatic rings. The smallest absolute Gasteiger partial charge is 0.287 e. The number of rotatable bonds is 7. The van der Waals surface area contributed by atoms with Gasteiger partial charge in [-0.15, -0.1) is 0 Å². The molecule has 2 N–H and O–H groups in total. The SMILES string of the molecule is CC(C)(C)NS(=O)(=O)c1ccc(C(=O)NCCOc2cccc3c2OC(C)(C)C3)o1. The zero-order valence-corrected chi connectivity index (χ0v) is 18.7. The topological polar surface area (TPSA) is 107 Å². The van der Waals surface area contributed by atoms with Crippen molar-refractivity contribution in [1.29, 1.82) is 0 Å². The van der Waals surface area contributed by atoms with Crippen molar-refractivity contribution < 1.29 is 27.1 Å². The maximum absolute atomic E-state index is 12.3. The first kappa shape index (κ1) is 22.2. The van der Waals surface area contributed by atoms with E-state index in [-0.39, 0.29) is 29.6 Å². The first-order valence-electron chi connectivity index (χ1n) is 9.72. The molecule has 164 valence electrons. The second-order valence-electron chi connectivity index (χ2n) is 8.86. The Morgan fingerprint density at radius 2 is 1.93 bits per heavy atom. The standard InChI is InChI=1S/C21H28N2O6S/c1-20(2,3)23-30(25,26)17-10-9-16(28-17)19(24)22-11-12-27-15-8-6-7-14-13-21(4,5)29-18(14)15/h6-10,23H,11-13H2,1-5H3,(H,22,24). The van der Waals surface area contributed by atoms with E-state index in [4.69, 9.17) is 13.9 Å². The van der Waals surface area contributed by atoms with E-state index in [1.807, 2.05) is 32.0 Å². The predicted molar refractivity (Wildman–Crippen MR) is 111 cm³/mol. The Kier molecular flexibility index (Phi) is 5.88. The van der Waals surface area contributed by atoms with Gasteiger partial charge in [-0.3, -0.25) is 4.79 Å². The van der Waals surface area contributed by atoms with E-state index in [0.717, 1.165) is 17.7 Å². The summed E-state index contributed by atoms with van der Waals surface area (Å²) in [5, 5.41) is 2.35. The van der Waals surface area contributed by atoms with Crippen molar-refractivity contribution in [2.45, 2.75) is 57.3 Å². The minimum Gasteiger partial charge on any atom is -0.488 e. The first-order chi connectivity index (χ1) is 13.9. The molecule has 0 bridgehead atoms. The number of benzene rings is 1. The van der Waals surface area contributed by atoms with Gasteiger partial charge in [0.2, 0.25) is 5.09 Å². The highest BCUT2D eigenvalue weighted by atomic mass is 32.2. The van der Waals surface area contributed by atoms with Gasteiger partial charge in [0.15, 0.2) is 17.3 Å². The molecule has 2 heterocycles. The molecule has 1 aromatic carbocycles. The predicted octanol–water partition coefficient (Wildman–Crippen LogP) is 2.88. The van der Waals surface area contributed by atoms with Crippen molar-refractivity contribution in [2.75, 3.05) is 13.2 Å². The molecule has 1 aliphatic rings. The number of nitrogens with one attached hydrogen (secondary N) is 2. The van der Waals surface area contributed by atoms with Crippen LogP contribution in [-0.4, -0.2) is 38.6 Å². The molecule has 1 aromatic heterocycles. The number of hydrogen-bond acceptors (Lipinski definition) is 6. The molecule has 9 heteroatoms. The molecule has 3 rings (SSSR count). The Bertz CT molecular complexity index is 1030. The Balaban J connectivity index is 1.54. The van der Waals surface area contributed by atoms with Gasteiger partial charge in [-0.25, -0.2) is 13.1 Å². The van der Waals surface area contributed by atoms with Crippen LogP contribution in [0.2, 0.25) is 0 Å². The van der Waals surface area contributed by atoms with E-state index in [2.05, 4.69) is 10.0 Å². The summed E-state index contributed by atoms with van der Waals surface area (Å²) < 4.78 is 44.0. The normalized spacial score (nSPS) is 15.4. The summed E-state index contributed by atoms with van der Waals surface area (Å²) >= 11 is 0. The lowest BCUT2D eigenvalue weighted by Crippen LogP contribution is -2.40. The molecular formula is C21H28N2O6S. The number of carbonyl (C=O) groups excluding carboxylic acids is 1. The van der Waals surface area contributed by atoms with Gasteiger partial charge in [0.1, 0.15) is 12.2 Å². The van der Waals surface area contributed by atoms with E-state index in [1.165, 1.54) is 12.1 Å². The van der Waals surface area contributed by atoms with Crippen molar-refractivity contribution in [3.05, 3.63) is 41.7 Å². The highest BCUT2D eigenvalue weighted by molar-refractivity contribution is 7.89. The number of furan rings is 1. The fraction of sp³-hybridized carbons (Fsp3) is 0.476. The Hall–Kier alpha value is -2.52. The molecule has 0 saturated heterocycles. The molecule has 1 aliphatic heterocycles. The van der Waals surface area contributed by atoms with Crippen LogP contribution >= 0.6 is 0 Å². The summed E-state index contributed by atoms with van der Waals surface area (Å²) in [6.07, 6.45) is 0.810. The van der Waals surface area contributed by atoms with Crippen LogP contribution < -0.4 is 19.5 Å². The summed E-state index contributed by atoms with van der Waals surface area (Å²) in [4.78, 5) is 12.3. The number of ether oxygens (including phenoxy) is 2. The molecule has 1 amide bonds. The number of sulfonamides is 1.